The highest BCUT2D eigenvalue weighted by Gasteiger charge is 2.23. The normalized spacial score (nSPS) is 10.2. The Hall–Kier alpha value is -1.46. The maximum Gasteiger partial charge on any atom is 0.414 e. The number of carbonyl (C=O) groups is 2. The SMILES string of the molecule is CCOC(=O)N(CCCCCl)c1cc(Cl)ccc1C(=O)OC. The summed E-state index contributed by atoms with van der Waals surface area (Å²) in [5.41, 5.74) is 0.623. The van der Waals surface area contributed by atoms with E-state index in [1.165, 1.54) is 18.1 Å². The number of esters is 1. The van der Waals surface area contributed by atoms with Crippen molar-refractivity contribution in [2.24, 2.45) is 0 Å². The van der Waals surface area contributed by atoms with Crippen LogP contribution in [0.1, 0.15) is 30.1 Å². The molecule has 0 aromatic heterocycles. The van der Waals surface area contributed by atoms with Crippen molar-refractivity contribution in [1.82, 2.24) is 0 Å². The Labute approximate surface area is 140 Å². The third-order valence-corrected chi connectivity index (χ3v) is 3.41. The molecule has 0 atom stereocenters. The molecule has 5 nitrogen and oxygen atoms in total. The van der Waals surface area contributed by atoms with Gasteiger partial charge >= 0.3 is 12.1 Å². The molecule has 0 saturated carbocycles. The van der Waals surface area contributed by atoms with Crippen molar-refractivity contribution in [3.63, 3.8) is 0 Å². The number of amides is 1. The molecule has 122 valence electrons. The predicted molar refractivity (Wildman–Crippen MR) is 87.1 cm³/mol. The van der Waals surface area contributed by atoms with Gasteiger partial charge < -0.3 is 9.47 Å². The molecule has 0 N–H and O–H groups in total. The number of unbranched alkanes of at least 4 members (excludes halogenated alkanes) is 1. The molecule has 0 unspecified atom stereocenters. The second kappa shape index (κ2) is 9.54. The lowest BCUT2D eigenvalue weighted by Gasteiger charge is -2.24. The van der Waals surface area contributed by atoms with Crippen molar-refractivity contribution in [3.05, 3.63) is 28.8 Å². The van der Waals surface area contributed by atoms with E-state index in [1.807, 2.05) is 0 Å². The number of ether oxygens (including phenoxy) is 2. The Kier molecular flexibility index (Phi) is 8.06. The van der Waals surface area contributed by atoms with Crippen LogP contribution in [-0.2, 0) is 9.47 Å². The van der Waals surface area contributed by atoms with Gasteiger partial charge in [-0.1, -0.05) is 11.6 Å². The summed E-state index contributed by atoms with van der Waals surface area (Å²) >= 11 is 11.7. The first-order valence-electron chi connectivity index (χ1n) is 6.93. The number of carbonyl (C=O) groups excluding carboxylic acids is 2. The molecule has 0 fully saturated rings. The molecule has 1 aromatic carbocycles. The highest BCUT2D eigenvalue weighted by molar-refractivity contribution is 6.31. The average molecular weight is 348 g/mol. The molecule has 1 amide bonds. The van der Waals surface area contributed by atoms with Crippen LogP contribution in [-0.4, -0.2) is 38.2 Å². The molecule has 0 aliphatic carbocycles. The van der Waals surface area contributed by atoms with Crippen LogP contribution >= 0.6 is 23.2 Å². The summed E-state index contributed by atoms with van der Waals surface area (Å²) in [6.07, 6.45) is 0.880. The molecule has 0 bridgehead atoms. The van der Waals surface area contributed by atoms with E-state index < -0.39 is 12.1 Å². The molecule has 0 radical (unpaired) electrons. The average Bonchev–Trinajstić information content (AvgIpc) is 2.51. The van der Waals surface area contributed by atoms with Crippen molar-refractivity contribution < 1.29 is 19.1 Å². The third kappa shape index (κ3) is 5.07. The summed E-state index contributed by atoms with van der Waals surface area (Å²) in [7, 11) is 1.28. The Bertz CT molecular complexity index is 522. The van der Waals surface area contributed by atoms with E-state index in [1.54, 1.807) is 19.1 Å². The Morgan fingerprint density at radius 2 is 2.00 bits per heavy atom. The summed E-state index contributed by atoms with van der Waals surface area (Å²) in [6.45, 7) is 2.32. The lowest BCUT2D eigenvalue weighted by molar-refractivity contribution is 0.0601. The van der Waals surface area contributed by atoms with Crippen molar-refractivity contribution >= 4 is 41.0 Å². The second-order valence-electron chi connectivity index (χ2n) is 4.40. The summed E-state index contributed by atoms with van der Waals surface area (Å²) in [4.78, 5) is 25.5. The fourth-order valence-corrected chi connectivity index (χ4v) is 2.24. The monoisotopic (exact) mass is 347 g/mol. The number of methoxy groups -OCH3 is 1. The van der Waals surface area contributed by atoms with Crippen LogP contribution in [0.5, 0.6) is 0 Å². The van der Waals surface area contributed by atoms with E-state index in [0.29, 0.717) is 29.6 Å². The minimum Gasteiger partial charge on any atom is -0.465 e. The van der Waals surface area contributed by atoms with Gasteiger partial charge in [0, 0.05) is 17.4 Å². The fraction of sp³-hybridized carbons (Fsp3) is 0.467. The minimum atomic E-state index is -0.543. The smallest absolute Gasteiger partial charge is 0.414 e. The highest BCUT2D eigenvalue weighted by atomic mass is 35.5. The summed E-state index contributed by atoms with van der Waals surface area (Å²) in [6, 6.07) is 4.64. The van der Waals surface area contributed by atoms with Gasteiger partial charge in [0.25, 0.3) is 0 Å². The Morgan fingerprint density at radius 3 is 2.59 bits per heavy atom. The zero-order chi connectivity index (χ0) is 16.5. The zero-order valence-corrected chi connectivity index (χ0v) is 14.1. The predicted octanol–water partition coefficient (Wildman–Crippen LogP) is 4.11. The number of halogens is 2. The molecule has 0 saturated heterocycles. The molecule has 0 spiro atoms. The number of hydrogen-bond donors (Lipinski definition) is 0. The molecule has 7 heteroatoms. The maximum atomic E-state index is 12.2. The van der Waals surface area contributed by atoms with Crippen LogP contribution in [0.15, 0.2) is 18.2 Å². The van der Waals surface area contributed by atoms with E-state index >= 15 is 0 Å². The number of alkyl halides is 1. The summed E-state index contributed by atoms with van der Waals surface area (Å²) in [5.74, 6) is -0.0471. The van der Waals surface area contributed by atoms with Gasteiger partial charge in [-0.2, -0.15) is 0 Å². The minimum absolute atomic E-state index is 0.235. The quantitative estimate of drug-likeness (QED) is 0.423. The van der Waals surface area contributed by atoms with Gasteiger partial charge in [-0.15, -0.1) is 11.6 Å². The third-order valence-electron chi connectivity index (χ3n) is 2.91. The van der Waals surface area contributed by atoms with Gasteiger partial charge in [0.05, 0.1) is 25.0 Å². The van der Waals surface area contributed by atoms with E-state index in [2.05, 4.69) is 0 Å². The number of hydrogen-bond acceptors (Lipinski definition) is 4. The summed E-state index contributed by atoms with van der Waals surface area (Å²) < 4.78 is 9.81. The summed E-state index contributed by atoms with van der Waals surface area (Å²) in [5, 5.41) is 0.411. The fourth-order valence-electron chi connectivity index (χ4n) is 1.89. The van der Waals surface area contributed by atoms with E-state index in [9.17, 15) is 9.59 Å². The van der Waals surface area contributed by atoms with E-state index in [-0.39, 0.29) is 12.2 Å². The van der Waals surface area contributed by atoms with Crippen molar-refractivity contribution in [3.8, 4) is 0 Å². The molecule has 22 heavy (non-hydrogen) atoms. The lowest BCUT2D eigenvalue weighted by Crippen LogP contribution is -2.34. The first kappa shape index (κ1) is 18.6. The van der Waals surface area contributed by atoms with E-state index in [4.69, 9.17) is 32.7 Å². The topological polar surface area (TPSA) is 55.8 Å². The van der Waals surface area contributed by atoms with Crippen LogP contribution in [0.3, 0.4) is 0 Å². The first-order chi connectivity index (χ1) is 10.5. The number of rotatable bonds is 7. The molecule has 0 heterocycles. The number of anilines is 1. The number of benzene rings is 1. The van der Waals surface area contributed by atoms with Crippen molar-refractivity contribution in [2.75, 3.05) is 31.0 Å². The van der Waals surface area contributed by atoms with Gasteiger partial charge in [-0.25, -0.2) is 9.59 Å². The van der Waals surface area contributed by atoms with Crippen LogP contribution in [0.25, 0.3) is 0 Å². The van der Waals surface area contributed by atoms with Crippen LogP contribution < -0.4 is 4.90 Å². The van der Waals surface area contributed by atoms with Crippen LogP contribution in [0.4, 0.5) is 10.5 Å². The Balaban J connectivity index is 3.18. The van der Waals surface area contributed by atoms with Gasteiger partial charge in [0.2, 0.25) is 0 Å². The second-order valence-corrected chi connectivity index (χ2v) is 5.21. The molecule has 1 rings (SSSR count). The van der Waals surface area contributed by atoms with E-state index in [0.717, 1.165) is 6.42 Å². The largest absolute Gasteiger partial charge is 0.465 e. The van der Waals surface area contributed by atoms with Gasteiger partial charge in [0.1, 0.15) is 0 Å². The highest BCUT2D eigenvalue weighted by Crippen LogP contribution is 2.27. The number of nitrogens with zero attached hydrogens (tertiary/aromatic N) is 1. The molecular formula is C15H19Cl2NO4. The first-order valence-corrected chi connectivity index (χ1v) is 7.84. The maximum absolute atomic E-state index is 12.2. The van der Waals surface area contributed by atoms with Crippen LogP contribution in [0, 0.1) is 0 Å². The molecule has 0 aliphatic heterocycles. The Morgan fingerprint density at radius 1 is 1.27 bits per heavy atom. The van der Waals surface area contributed by atoms with Gasteiger partial charge in [-0.05, 0) is 38.0 Å². The zero-order valence-electron chi connectivity index (χ0n) is 12.6. The van der Waals surface area contributed by atoms with Crippen LogP contribution in [0.2, 0.25) is 5.02 Å². The lowest BCUT2D eigenvalue weighted by atomic mass is 10.1. The van der Waals surface area contributed by atoms with Crippen molar-refractivity contribution in [1.29, 1.82) is 0 Å². The molecule has 1 aromatic rings. The van der Waals surface area contributed by atoms with Crippen molar-refractivity contribution in [2.45, 2.75) is 19.8 Å². The standard InChI is InChI=1S/C15H19Cl2NO4/c1-3-22-15(20)18(9-5-4-8-16)13-10-11(17)6-7-12(13)14(19)21-2/h6-7,10H,3-5,8-9H2,1-2H3. The van der Waals surface area contributed by atoms with Gasteiger partial charge in [-0.3, -0.25) is 4.90 Å². The molecular weight excluding hydrogens is 329 g/mol. The molecule has 0 aliphatic rings. The van der Waals surface area contributed by atoms with Gasteiger partial charge in [0.15, 0.2) is 0 Å².